The molecule has 0 bridgehead atoms. The van der Waals surface area contributed by atoms with E-state index in [1.165, 1.54) is 5.69 Å². The molecule has 1 spiro atoms. The standard InChI is InChI=1S/C10H13N3O/c11-9-3-8(1-2-12-9)13-4-10(5-13)6-14-7-10/h1-3H,4-7H2,(H2,11,12). The van der Waals surface area contributed by atoms with E-state index in [0.717, 1.165) is 26.3 Å². The molecule has 4 heteroatoms. The van der Waals surface area contributed by atoms with Crippen molar-refractivity contribution in [2.75, 3.05) is 36.9 Å². The molecule has 4 nitrogen and oxygen atoms in total. The molecule has 74 valence electrons. The molecule has 2 saturated heterocycles. The number of hydrogen-bond donors (Lipinski definition) is 1. The lowest BCUT2D eigenvalue weighted by Gasteiger charge is -2.56. The molecule has 14 heavy (non-hydrogen) atoms. The topological polar surface area (TPSA) is 51.4 Å². The van der Waals surface area contributed by atoms with Gasteiger partial charge in [0.25, 0.3) is 0 Å². The Balaban J connectivity index is 1.73. The van der Waals surface area contributed by atoms with Crippen molar-refractivity contribution in [1.82, 2.24) is 4.98 Å². The molecular weight excluding hydrogens is 178 g/mol. The van der Waals surface area contributed by atoms with E-state index in [0.29, 0.717) is 11.2 Å². The molecule has 2 aliphatic heterocycles. The zero-order valence-electron chi connectivity index (χ0n) is 7.94. The zero-order chi connectivity index (χ0) is 9.60. The lowest BCUT2D eigenvalue weighted by Crippen LogP contribution is -2.66. The summed E-state index contributed by atoms with van der Waals surface area (Å²) in [6.45, 7) is 4.03. The summed E-state index contributed by atoms with van der Waals surface area (Å²) in [4.78, 5) is 6.30. The average molecular weight is 191 g/mol. The molecule has 0 saturated carbocycles. The molecule has 1 aromatic heterocycles. The van der Waals surface area contributed by atoms with Gasteiger partial charge in [0.2, 0.25) is 0 Å². The van der Waals surface area contributed by atoms with E-state index in [1.807, 2.05) is 12.1 Å². The van der Waals surface area contributed by atoms with Crippen LogP contribution in [0.1, 0.15) is 0 Å². The Hall–Kier alpha value is -1.29. The van der Waals surface area contributed by atoms with Crippen LogP contribution in [-0.4, -0.2) is 31.3 Å². The first kappa shape index (κ1) is 8.05. The highest BCUT2D eigenvalue weighted by atomic mass is 16.5. The molecule has 2 aliphatic rings. The van der Waals surface area contributed by atoms with Crippen LogP contribution in [0.5, 0.6) is 0 Å². The quantitative estimate of drug-likeness (QED) is 0.702. The molecule has 3 rings (SSSR count). The summed E-state index contributed by atoms with van der Waals surface area (Å²) in [5.41, 5.74) is 7.26. The zero-order valence-corrected chi connectivity index (χ0v) is 7.94. The van der Waals surface area contributed by atoms with Crippen molar-refractivity contribution in [2.24, 2.45) is 5.41 Å². The van der Waals surface area contributed by atoms with Crippen molar-refractivity contribution in [2.45, 2.75) is 0 Å². The summed E-state index contributed by atoms with van der Waals surface area (Å²) in [7, 11) is 0. The minimum atomic E-state index is 0.456. The van der Waals surface area contributed by atoms with E-state index in [4.69, 9.17) is 10.5 Å². The van der Waals surface area contributed by atoms with Gasteiger partial charge in [-0.05, 0) is 6.07 Å². The van der Waals surface area contributed by atoms with E-state index in [2.05, 4.69) is 9.88 Å². The molecule has 0 atom stereocenters. The highest BCUT2D eigenvalue weighted by Crippen LogP contribution is 2.40. The lowest BCUT2D eigenvalue weighted by molar-refractivity contribution is -0.127. The molecule has 3 heterocycles. The van der Waals surface area contributed by atoms with Crippen molar-refractivity contribution in [3.8, 4) is 0 Å². The number of nitrogens with two attached hydrogens (primary N) is 1. The van der Waals surface area contributed by atoms with E-state index in [1.54, 1.807) is 6.20 Å². The largest absolute Gasteiger partial charge is 0.384 e. The van der Waals surface area contributed by atoms with Gasteiger partial charge in [-0.25, -0.2) is 4.98 Å². The predicted molar refractivity (Wildman–Crippen MR) is 54.1 cm³/mol. The third-order valence-electron chi connectivity index (χ3n) is 3.00. The highest BCUT2D eigenvalue weighted by molar-refractivity contribution is 5.54. The number of aromatic nitrogens is 1. The first-order valence-corrected chi connectivity index (χ1v) is 4.82. The maximum absolute atomic E-state index is 5.63. The Morgan fingerprint density at radius 2 is 2.21 bits per heavy atom. The maximum Gasteiger partial charge on any atom is 0.125 e. The van der Waals surface area contributed by atoms with Crippen LogP contribution in [0.2, 0.25) is 0 Å². The van der Waals surface area contributed by atoms with Gasteiger partial charge in [0, 0.05) is 31.0 Å². The van der Waals surface area contributed by atoms with Crippen molar-refractivity contribution in [3.63, 3.8) is 0 Å². The molecule has 1 aromatic rings. The van der Waals surface area contributed by atoms with Gasteiger partial charge < -0.3 is 15.4 Å². The van der Waals surface area contributed by atoms with Crippen molar-refractivity contribution in [1.29, 1.82) is 0 Å². The Kier molecular flexibility index (Phi) is 1.50. The fourth-order valence-electron chi connectivity index (χ4n) is 2.15. The molecule has 0 amide bonds. The van der Waals surface area contributed by atoms with Crippen LogP contribution in [-0.2, 0) is 4.74 Å². The third-order valence-corrected chi connectivity index (χ3v) is 3.00. The first-order valence-electron chi connectivity index (χ1n) is 4.82. The summed E-state index contributed by atoms with van der Waals surface area (Å²) in [6.07, 6.45) is 1.76. The number of hydrogen-bond acceptors (Lipinski definition) is 4. The smallest absolute Gasteiger partial charge is 0.125 e. The highest BCUT2D eigenvalue weighted by Gasteiger charge is 2.48. The summed E-state index contributed by atoms with van der Waals surface area (Å²) >= 11 is 0. The normalized spacial score (nSPS) is 23.0. The van der Waals surface area contributed by atoms with Crippen molar-refractivity contribution in [3.05, 3.63) is 18.3 Å². The van der Waals surface area contributed by atoms with E-state index >= 15 is 0 Å². The SMILES string of the molecule is Nc1cc(N2CC3(COC3)C2)ccn1. The van der Waals surface area contributed by atoms with Crippen LogP contribution < -0.4 is 10.6 Å². The summed E-state index contributed by atoms with van der Waals surface area (Å²) in [6, 6.07) is 3.93. The van der Waals surface area contributed by atoms with Gasteiger partial charge in [-0.2, -0.15) is 0 Å². The number of nitrogen functional groups attached to an aromatic ring is 1. The second kappa shape index (κ2) is 2.60. The minimum absolute atomic E-state index is 0.456. The average Bonchev–Trinajstić information content (AvgIpc) is 1.98. The van der Waals surface area contributed by atoms with Crippen LogP contribution in [0.25, 0.3) is 0 Å². The summed E-state index contributed by atoms with van der Waals surface area (Å²) in [5, 5.41) is 0. The lowest BCUT2D eigenvalue weighted by atomic mass is 9.78. The van der Waals surface area contributed by atoms with Gasteiger partial charge in [-0.15, -0.1) is 0 Å². The Morgan fingerprint density at radius 3 is 2.79 bits per heavy atom. The van der Waals surface area contributed by atoms with Gasteiger partial charge in [-0.1, -0.05) is 0 Å². The van der Waals surface area contributed by atoms with Crippen LogP contribution >= 0.6 is 0 Å². The molecular formula is C10H13N3O. The second-order valence-electron chi connectivity index (χ2n) is 4.29. The fraction of sp³-hybridized carbons (Fsp3) is 0.500. The number of anilines is 2. The van der Waals surface area contributed by atoms with Gasteiger partial charge in [0.1, 0.15) is 5.82 Å². The molecule has 0 unspecified atom stereocenters. The minimum Gasteiger partial charge on any atom is -0.384 e. The van der Waals surface area contributed by atoms with Gasteiger partial charge in [0.15, 0.2) is 0 Å². The Morgan fingerprint density at radius 1 is 1.43 bits per heavy atom. The molecule has 2 fully saturated rings. The van der Waals surface area contributed by atoms with E-state index < -0.39 is 0 Å². The summed E-state index contributed by atoms with van der Waals surface area (Å²) in [5.74, 6) is 0.591. The Labute approximate surface area is 82.7 Å². The van der Waals surface area contributed by atoms with Gasteiger partial charge in [-0.3, -0.25) is 0 Å². The molecule has 0 radical (unpaired) electrons. The number of ether oxygens (including phenoxy) is 1. The number of nitrogens with zero attached hydrogens (tertiary/aromatic N) is 2. The second-order valence-corrected chi connectivity index (χ2v) is 4.29. The van der Waals surface area contributed by atoms with Gasteiger partial charge in [0.05, 0.1) is 18.6 Å². The number of rotatable bonds is 1. The van der Waals surface area contributed by atoms with E-state index in [-0.39, 0.29) is 0 Å². The van der Waals surface area contributed by atoms with E-state index in [9.17, 15) is 0 Å². The van der Waals surface area contributed by atoms with Crippen LogP contribution in [0.4, 0.5) is 11.5 Å². The Bertz CT molecular complexity index is 354. The molecule has 2 N–H and O–H groups in total. The van der Waals surface area contributed by atoms with Crippen molar-refractivity contribution >= 4 is 11.5 Å². The number of pyridine rings is 1. The van der Waals surface area contributed by atoms with Gasteiger partial charge >= 0.3 is 0 Å². The van der Waals surface area contributed by atoms with Crippen LogP contribution in [0.15, 0.2) is 18.3 Å². The van der Waals surface area contributed by atoms with Crippen LogP contribution in [0.3, 0.4) is 0 Å². The maximum atomic E-state index is 5.63. The fourth-order valence-corrected chi connectivity index (χ4v) is 2.15. The third kappa shape index (κ3) is 1.07. The molecule has 0 aromatic carbocycles. The molecule has 0 aliphatic carbocycles. The van der Waals surface area contributed by atoms with Crippen molar-refractivity contribution < 1.29 is 4.74 Å². The summed E-state index contributed by atoms with van der Waals surface area (Å²) < 4.78 is 5.22. The van der Waals surface area contributed by atoms with Crippen LogP contribution in [0, 0.1) is 5.41 Å². The predicted octanol–water partition coefficient (Wildman–Crippen LogP) is 0.500. The monoisotopic (exact) mass is 191 g/mol. The first-order chi connectivity index (χ1) is 6.77.